The average molecular weight is 556 g/mol. The van der Waals surface area contributed by atoms with Gasteiger partial charge in [-0.3, -0.25) is 14.9 Å². The minimum Gasteiger partial charge on any atom is -0.495 e. The Labute approximate surface area is 214 Å². The van der Waals surface area contributed by atoms with E-state index in [2.05, 4.69) is 21.2 Å². The summed E-state index contributed by atoms with van der Waals surface area (Å²) >= 11 is 3.41. The minimum atomic E-state index is -0.789. The van der Waals surface area contributed by atoms with Crippen LogP contribution in [0.25, 0.3) is 6.08 Å². The number of hydrogen-bond acceptors (Lipinski definition) is 7. The molecule has 184 valence electrons. The zero-order valence-electron chi connectivity index (χ0n) is 19.1. The summed E-state index contributed by atoms with van der Waals surface area (Å²) in [4.78, 5) is 23.2. The van der Waals surface area contributed by atoms with E-state index in [1.54, 1.807) is 24.3 Å². The topological polar surface area (TPSA) is 124 Å². The van der Waals surface area contributed by atoms with E-state index in [1.807, 2.05) is 6.07 Å². The molecule has 0 spiro atoms. The molecule has 0 saturated heterocycles. The second-order valence-corrected chi connectivity index (χ2v) is 8.07. The zero-order valence-corrected chi connectivity index (χ0v) is 20.7. The zero-order chi connectivity index (χ0) is 26.2. The van der Waals surface area contributed by atoms with Crippen molar-refractivity contribution in [3.8, 4) is 23.3 Å². The Hall–Kier alpha value is -4.43. The highest BCUT2D eigenvalue weighted by molar-refractivity contribution is 9.10. The summed E-state index contributed by atoms with van der Waals surface area (Å²) < 4.78 is 30.0. The van der Waals surface area contributed by atoms with E-state index >= 15 is 0 Å². The third kappa shape index (κ3) is 6.37. The van der Waals surface area contributed by atoms with Crippen LogP contribution in [0.2, 0.25) is 0 Å². The largest absolute Gasteiger partial charge is 0.495 e. The maximum Gasteiger partial charge on any atom is 0.271 e. The SMILES string of the molecule is COc1ccc([N+](=O)[O-])cc1NC(=O)/C(C#N)=C/c1cc(Br)c(OCc2ccc(F)cc2)c(OC)c1. The van der Waals surface area contributed by atoms with Crippen molar-refractivity contribution in [3.05, 3.63) is 91.7 Å². The van der Waals surface area contributed by atoms with Crippen LogP contribution in [0.4, 0.5) is 15.8 Å². The minimum absolute atomic E-state index is 0.0427. The summed E-state index contributed by atoms with van der Waals surface area (Å²) in [6.45, 7) is 0.154. The van der Waals surface area contributed by atoms with Crippen molar-refractivity contribution in [1.82, 2.24) is 0 Å². The maximum atomic E-state index is 13.1. The Kier molecular flexibility index (Phi) is 8.59. The van der Waals surface area contributed by atoms with Crippen LogP contribution in [0.15, 0.2) is 64.6 Å². The summed E-state index contributed by atoms with van der Waals surface area (Å²) in [5, 5.41) is 23.1. The van der Waals surface area contributed by atoms with Crippen molar-refractivity contribution in [2.45, 2.75) is 6.61 Å². The van der Waals surface area contributed by atoms with Gasteiger partial charge in [0.15, 0.2) is 11.5 Å². The van der Waals surface area contributed by atoms with Gasteiger partial charge in [-0.1, -0.05) is 12.1 Å². The van der Waals surface area contributed by atoms with Gasteiger partial charge in [0, 0.05) is 12.1 Å². The van der Waals surface area contributed by atoms with Crippen LogP contribution in [-0.4, -0.2) is 25.1 Å². The van der Waals surface area contributed by atoms with E-state index in [0.717, 1.165) is 11.6 Å². The second-order valence-electron chi connectivity index (χ2n) is 7.21. The van der Waals surface area contributed by atoms with Gasteiger partial charge in [0.2, 0.25) is 0 Å². The number of rotatable bonds is 9. The fourth-order valence-corrected chi connectivity index (χ4v) is 3.69. The van der Waals surface area contributed by atoms with Gasteiger partial charge < -0.3 is 19.5 Å². The Morgan fingerprint density at radius 1 is 1.14 bits per heavy atom. The van der Waals surface area contributed by atoms with Crippen LogP contribution in [0.5, 0.6) is 17.2 Å². The molecule has 0 aliphatic rings. The van der Waals surface area contributed by atoms with E-state index < -0.39 is 10.8 Å². The Morgan fingerprint density at radius 3 is 2.44 bits per heavy atom. The number of non-ortho nitro benzene ring substituents is 1. The van der Waals surface area contributed by atoms with Gasteiger partial charge in [-0.05, 0) is 63.5 Å². The van der Waals surface area contributed by atoms with Crippen molar-refractivity contribution < 1.29 is 28.3 Å². The van der Waals surface area contributed by atoms with Crippen LogP contribution < -0.4 is 19.5 Å². The number of nitro groups is 1. The standard InChI is InChI=1S/C25H19BrFN3O6/c1-34-22-8-7-19(30(32)33)12-21(22)29-25(31)17(13-28)9-16-10-20(26)24(23(11-16)35-2)36-14-15-3-5-18(27)6-4-15/h3-12H,14H2,1-2H3,(H,29,31)/b17-9+. The van der Waals surface area contributed by atoms with Crippen LogP contribution in [-0.2, 0) is 11.4 Å². The number of nitriles is 1. The predicted octanol–water partition coefficient (Wildman–Crippen LogP) is 5.64. The fraction of sp³-hybridized carbons (Fsp3) is 0.120. The molecule has 0 aliphatic carbocycles. The molecule has 3 rings (SSSR count). The average Bonchev–Trinajstić information content (AvgIpc) is 2.87. The number of hydrogen-bond donors (Lipinski definition) is 1. The van der Waals surface area contributed by atoms with Crippen molar-refractivity contribution in [3.63, 3.8) is 0 Å². The first kappa shape index (κ1) is 26.2. The smallest absolute Gasteiger partial charge is 0.271 e. The number of carbonyl (C=O) groups excluding carboxylic acids is 1. The molecule has 3 aromatic carbocycles. The summed E-state index contributed by atoms with van der Waals surface area (Å²) in [5.74, 6) is -0.240. The van der Waals surface area contributed by atoms with E-state index in [-0.39, 0.29) is 35.1 Å². The quantitative estimate of drug-likeness (QED) is 0.157. The molecule has 0 saturated carbocycles. The van der Waals surface area contributed by atoms with Gasteiger partial charge >= 0.3 is 0 Å². The fourth-order valence-electron chi connectivity index (χ4n) is 3.11. The number of ether oxygens (including phenoxy) is 3. The third-order valence-electron chi connectivity index (χ3n) is 4.87. The lowest BCUT2D eigenvalue weighted by Gasteiger charge is -2.14. The van der Waals surface area contributed by atoms with Gasteiger partial charge in [0.25, 0.3) is 11.6 Å². The van der Waals surface area contributed by atoms with Gasteiger partial charge in [-0.2, -0.15) is 5.26 Å². The predicted molar refractivity (Wildman–Crippen MR) is 133 cm³/mol. The normalized spacial score (nSPS) is 10.8. The first-order valence-electron chi connectivity index (χ1n) is 10.3. The lowest BCUT2D eigenvalue weighted by molar-refractivity contribution is -0.384. The molecule has 0 aromatic heterocycles. The van der Waals surface area contributed by atoms with Crippen LogP contribution >= 0.6 is 15.9 Å². The molecule has 0 heterocycles. The van der Waals surface area contributed by atoms with E-state index in [9.17, 15) is 24.6 Å². The molecule has 1 amide bonds. The number of carbonyl (C=O) groups is 1. The number of amides is 1. The summed E-state index contributed by atoms with van der Waals surface area (Å²) in [5.41, 5.74) is 0.719. The highest BCUT2D eigenvalue weighted by atomic mass is 79.9. The number of methoxy groups -OCH3 is 2. The molecule has 3 aromatic rings. The number of halogens is 2. The third-order valence-corrected chi connectivity index (χ3v) is 5.46. The lowest BCUT2D eigenvalue weighted by atomic mass is 10.1. The molecule has 0 atom stereocenters. The Bertz CT molecular complexity index is 1370. The monoisotopic (exact) mass is 555 g/mol. The Morgan fingerprint density at radius 2 is 1.83 bits per heavy atom. The van der Waals surface area contributed by atoms with E-state index in [4.69, 9.17) is 14.2 Å². The maximum absolute atomic E-state index is 13.1. The number of anilines is 1. The van der Waals surface area contributed by atoms with Crippen molar-refractivity contribution in [2.75, 3.05) is 19.5 Å². The van der Waals surface area contributed by atoms with Crippen LogP contribution in [0, 0.1) is 27.3 Å². The van der Waals surface area contributed by atoms with Gasteiger partial charge in [0.1, 0.15) is 29.8 Å². The number of nitrogens with one attached hydrogen (secondary N) is 1. The molecule has 9 nitrogen and oxygen atoms in total. The van der Waals surface area contributed by atoms with Gasteiger partial charge in [-0.25, -0.2) is 4.39 Å². The molecule has 0 unspecified atom stereocenters. The molecule has 0 radical (unpaired) electrons. The number of nitro benzene ring substituents is 1. The lowest BCUT2D eigenvalue weighted by Crippen LogP contribution is -2.14. The van der Waals surface area contributed by atoms with Crippen molar-refractivity contribution in [2.24, 2.45) is 0 Å². The van der Waals surface area contributed by atoms with Crippen LogP contribution in [0.1, 0.15) is 11.1 Å². The summed E-state index contributed by atoms with van der Waals surface area (Å²) in [6.07, 6.45) is 1.33. The highest BCUT2D eigenvalue weighted by Gasteiger charge is 2.17. The summed E-state index contributed by atoms with van der Waals surface area (Å²) in [6, 6.07) is 14.6. The molecule has 11 heteroatoms. The Balaban J connectivity index is 1.85. The number of nitrogens with zero attached hydrogens (tertiary/aromatic N) is 2. The highest BCUT2D eigenvalue weighted by Crippen LogP contribution is 2.38. The number of benzene rings is 3. The second kappa shape index (κ2) is 11.8. The van der Waals surface area contributed by atoms with Crippen molar-refractivity contribution >= 4 is 39.3 Å². The summed E-state index contributed by atoms with van der Waals surface area (Å²) in [7, 11) is 2.79. The first-order valence-corrected chi connectivity index (χ1v) is 11.0. The van der Waals surface area contributed by atoms with Gasteiger partial charge in [0.05, 0.1) is 29.3 Å². The molecular formula is C25H19BrFN3O6. The van der Waals surface area contributed by atoms with E-state index in [1.165, 1.54) is 44.6 Å². The molecule has 0 fully saturated rings. The molecule has 36 heavy (non-hydrogen) atoms. The molecular weight excluding hydrogens is 537 g/mol. The van der Waals surface area contributed by atoms with Crippen molar-refractivity contribution in [1.29, 1.82) is 5.26 Å². The molecule has 1 N–H and O–H groups in total. The molecule has 0 bridgehead atoms. The molecule has 0 aliphatic heterocycles. The first-order chi connectivity index (χ1) is 17.2. The van der Waals surface area contributed by atoms with Gasteiger partial charge in [-0.15, -0.1) is 0 Å². The van der Waals surface area contributed by atoms with Crippen LogP contribution in [0.3, 0.4) is 0 Å². The van der Waals surface area contributed by atoms with E-state index in [0.29, 0.717) is 21.5 Å².